The van der Waals surface area contributed by atoms with E-state index in [1.165, 1.54) is 30.5 Å². The normalized spacial score (nSPS) is 15.1. The van der Waals surface area contributed by atoms with Crippen molar-refractivity contribution in [3.63, 3.8) is 0 Å². The number of aliphatic hydroxyl groups is 2. The fourth-order valence-electron chi connectivity index (χ4n) is 3.90. The number of aliphatic hydroxyl groups excluding tert-OH is 2. The quantitative estimate of drug-likeness (QED) is 0.277. The summed E-state index contributed by atoms with van der Waals surface area (Å²) >= 11 is 6.05. The number of halogens is 2. The fraction of sp³-hybridized carbons (Fsp3) is 0.385. The Morgan fingerprint density at radius 1 is 1.18 bits per heavy atom. The summed E-state index contributed by atoms with van der Waals surface area (Å²) in [6.45, 7) is 3.77. The van der Waals surface area contributed by atoms with Gasteiger partial charge < -0.3 is 35.4 Å². The summed E-state index contributed by atoms with van der Waals surface area (Å²) in [6, 6.07) is 8.93. The number of hydrogen-bond acceptors (Lipinski definition) is 10. The lowest BCUT2D eigenvalue weighted by molar-refractivity contribution is -0.116. The Kier molecular flexibility index (Phi) is 9.96. The predicted molar refractivity (Wildman–Crippen MR) is 146 cm³/mol. The van der Waals surface area contributed by atoms with Crippen molar-refractivity contribution in [3.05, 3.63) is 53.4 Å². The number of likely N-dealkylation sites (N-methyl/N-ethyl adjacent to an activating group) is 1. The fourth-order valence-corrected chi connectivity index (χ4v) is 4.07. The van der Waals surface area contributed by atoms with E-state index in [1.54, 1.807) is 12.1 Å². The molecule has 1 aromatic carbocycles. The van der Waals surface area contributed by atoms with Crippen LogP contribution in [0, 0.1) is 5.82 Å². The Balaban J connectivity index is 1.48. The number of hydrogen-bond donors (Lipinski definition) is 4. The van der Waals surface area contributed by atoms with Gasteiger partial charge in [0.1, 0.15) is 30.0 Å². The van der Waals surface area contributed by atoms with Gasteiger partial charge in [-0.05, 0) is 37.4 Å². The van der Waals surface area contributed by atoms with Crippen LogP contribution in [-0.4, -0.2) is 100 Å². The zero-order chi connectivity index (χ0) is 27.8. The highest BCUT2D eigenvalue weighted by Crippen LogP contribution is 2.32. The van der Waals surface area contributed by atoms with E-state index < -0.39 is 18.5 Å². The van der Waals surface area contributed by atoms with Gasteiger partial charge in [0, 0.05) is 67.7 Å². The molecule has 4 rings (SSSR count). The smallest absolute Gasteiger partial charge is 0.257 e. The summed E-state index contributed by atoms with van der Waals surface area (Å²) in [4.78, 5) is 21.3. The van der Waals surface area contributed by atoms with Gasteiger partial charge in [0.05, 0.1) is 12.3 Å². The van der Waals surface area contributed by atoms with E-state index in [0.29, 0.717) is 35.2 Å². The molecule has 0 radical (unpaired) electrons. The number of ether oxygens (including phenoxy) is 1. The van der Waals surface area contributed by atoms with Gasteiger partial charge in [-0.1, -0.05) is 11.6 Å². The van der Waals surface area contributed by atoms with Crippen LogP contribution in [0.2, 0.25) is 5.02 Å². The maximum absolute atomic E-state index is 14.5. The van der Waals surface area contributed by atoms with Crippen molar-refractivity contribution in [2.45, 2.75) is 12.5 Å². The van der Waals surface area contributed by atoms with Crippen molar-refractivity contribution in [1.82, 2.24) is 25.0 Å². The zero-order valence-corrected chi connectivity index (χ0v) is 22.2. The van der Waals surface area contributed by atoms with E-state index in [-0.39, 0.29) is 29.7 Å². The van der Waals surface area contributed by atoms with Gasteiger partial charge >= 0.3 is 0 Å². The molecular weight excluding hydrogens is 529 g/mol. The first-order valence-electron chi connectivity index (χ1n) is 12.5. The highest BCUT2D eigenvalue weighted by Gasteiger charge is 2.17. The molecular formula is C26H31ClFN7O4. The molecule has 1 unspecified atom stereocenters. The number of piperazine rings is 1. The van der Waals surface area contributed by atoms with Gasteiger partial charge in [-0.3, -0.25) is 4.79 Å². The molecule has 11 nitrogen and oxygen atoms in total. The SMILES string of the molecule is CN1CCN(CCC(=O)Nc2cc(Nc3cc(-c4cc(Cl)ccc4F)nnc3OCC(O)CO)ccn2)CC1. The third kappa shape index (κ3) is 8.28. The van der Waals surface area contributed by atoms with Crippen molar-refractivity contribution in [2.75, 3.05) is 63.6 Å². The Labute approximate surface area is 230 Å². The van der Waals surface area contributed by atoms with Gasteiger partial charge in [0.2, 0.25) is 5.91 Å². The molecule has 13 heteroatoms. The average molecular weight is 560 g/mol. The highest BCUT2D eigenvalue weighted by atomic mass is 35.5. The number of amides is 1. The summed E-state index contributed by atoms with van der Waals surface area (Å²) in [5.41, 5.74) is 1.18. The number of carbonyl (C=O) groups is 1. The molecule has 1 aliphatic rings. The van der Waals surface area contributed by atoms with E-state index in [9.17, 15) is 14.3 Å². The molecule has 0 spiro atoms. The third-order valence-corrected chi connectivity index (χ3v) is 6.38. The summed E-state index contributed by atoms with van der Waals surface area (Å²) in [7, 11) is 2.09. The van der Waals surface area contributed by atoms with Gasteiger partial charge in [0.15, 0.2) is 0 Å². The van der Waals surface area contributed by atoms with Crippen LogP contribution in [0.4, 0.5) is 21.6 Å². The van der Waals surface area contributed by atoms with Gasteiger partial charge in [-0.25, -0.2) is 9.37 Å². The van der Waals surface area contributed by atoms with E-state index in [4.69, 9.17) is 21.4 Å². The number of rotatable bonds is 11. The molecule has 0 bridgehead atoms. The molecule has 39 heavy (non-hydrogen) atoms. The van der Waals surface area contributed by atoms with Gasteiger partial charge in [0.25, 0.3) is 5.88 Å². The molecule has 3 aromatic rings. The Bertz CT molecular complexity index is 1280. The minimum absolute atomic E-state index is 0.0169. The maximum Gasteiger partial charge on any atom is 0.257 e. The molecule has 208 valence electrons. The van der Waals surface area contributed by atoms with Crippen molar-refractivity contribution in [1.29, 1.82) is 0 Å². The van der Waals surface area contributed by atoms with Gasteiger partial charge in [-0.2, -0.15) is 0 Å². The lowest BCUT2D eigenvalue weighted by Gasteiger charge is -2.32. The number of aromatic nitrogens is 3. The maximum atomic E-state index is 14.5. The summed E-state index contributed by atoms with van der Waals surface area (Å²) in [5, 5.41) is 33.2. The first-order valence-corrected chi connectivity index (χ1v) is 12.9. The van der Waals surface area contributed by atoms with Crippen LogP contribution >= 0.6 is 11.6 Å². The third-order valence-electron chi connectivity index (χ3n) is 6.14. The van der Waals surface area contributed by atoms with Crippen LogP contribution in [0.15, 0.2) is 42.6 Å². The molecule has 1 amide bonds. The first kappa shape index (κ1) is 28.6. The number of nitrogens with one attached hydrogen (secondary N) is 2. The van der Waals surface area contributed by atoms with Crippen LogP contribution in [0.25, 0.3) is 11.3 Å². The van der Waals surface area contributed by atoms with E-state index in [1.807, 2.05) is 0 Å². The predicted octanol–water partition coefficient (Wildman–Crippen LogP) is 2.38. The second-order valence-electron chi connectivity index (χ2n) is 9.22. The number of nitrogens with zero attached hydrogens (tertiary/aromatic N) is 5. The number of carbonyl (C=O) groups excluding carboxylic acids is 1. The van der Waals surface area contributed by atoms with Crippen molar-refractivity contribution in [2.24, 2.45) is 0 Å². The van der Waals surface area contributed by atoms with Crippen molar-refractivity contribution >= 4 is 34.7 Å². The first-order chi connectivity index (χ1) is 18.8. The number of benzene rings is 1. The van der Waals surface area contributed by atoms with E-state index in [2.05, 4.69) is 42.7 Å². The lowest BCUT2D eigenvalue weighted by Crippen LogP contribution is -2.45. The number of pyridine rings is 1. The molecule has 3 heterocycles. The van der Waals surface area contributed by atoms with Crippen molar-refractivity contribution < 1.29 is 24.1 Å². The minimum atomic E-state index is -1.13. The zero-order valence-electron chi connectivity index (χ0n) is 21.5. The Hall–Kier alpha value is -3.42. The molecule has 1 saturated heterocycles. The summed E-state index contributed by atoms with van der Waals surface area (Å²) in [6.07, 6.45) is 0.746. The van der Waals surface area contributed by atoms with E-state index >= 15 is 0 Å². The van der Waals surface area contributed by atoms with Crippen molar-refractivity contribution in [3.8, 4) is 17.1 Å². The second-order valence-corrected chi connectivity index (χ2v) is 9.65. The standard InChI is InChI=1S/C26H31ClFN7O4/c1-34-8-10-35(11-9-34)7-5-25(38)31-24-13-18(4-6-29-24)30-23-14-22(20-12-17(27)2-3-21(20)28)32-33-26(23)39-16-19(37)15-36/h2-4,6,12-14,19,36-37H,5,7-11,15-16H2,1H3,(H2,29,30,31,32,38). The molecule has 0 aliphatic carbocycles. The van der Waals surface area contributed by atoms with Crippen LogP contribution in [0.1, 0.15) is 6.42 Å². The molecule has 1 atom stereocenters. The highest BCUT2D eigenvalue weighted by molar-refractivity contribution is 6.30. The molecule has 2 aromatic heterocycles. The summed E-state index contributed by atoms with van der Waals surface area (Å²) in [5.74, 6) is -0.313. The average Bonchev–Trinajstić information content (AvgIpc) is 2.93. The number of anilines is 3. The van der Waals surface area contributed by atoms with Gasteiger partial charge in [-0.15, -0.1) is 10.2 Å². The van der Waals surface area contributed by atoms with Crippen LogP contribution in [0.3, 0.4) is 0 Å². The minimum Gasteiger partial charge on any atom is -0.472 e. The Morgan fingerprint density at radius 2 is 1.97 bits per heavy atom. The van der Waals surface area contributed by atoms with Crippen LogP contribution < -0.4 is 15.4 Å². The summed E-state index contributed by atoms with van der Waals surface area (Å²) < 4.78 is 20.0. The monoisotopic (exact) mass is 559 g/mol. The van der Waals surface area contributed by atoms with Crippen LogP contribution in [0.5, 0.6) is 5.88 Å². The lowest BCUT2D eigenvalue weighted by atomic mass is 10.1. The second kappa shape index (κ2) is 13.6. The molecule has 1 fully saturated rings. The molecule has 4 N–H and O–H groups in total. The van der Waals surface area contributed by atoms with Crippen LogP contribution in [-0.2, 0) is 4.79 Å². The van der Waals surface area contributed by atoms with E-state index in [0.717, 1.165) is 26.2 Å². The topological polar surface area (TPSA) is 136 Å². The molecule has 0 saturated carbocycles. The Morgan fingerprint density at radius 3 is 2.74 bits per heavy atom. The largest absolute Gasteiger partial charge is 0.472 e. The molecule has 1 aliphatic heterocycles.